The van der Waals surface area contributed by atoms with Crippen LogP contribution in [0.15, 0.2) is 17.6 Å². The van der Waals surface area contributed by atoms with Crippen LogP contribution in [-0.4, -0.2) is 48.4 Å². The van der Waals surface area contributed by atoms with Gasteiger partial charge < -0.3 is 10.3 Å². The van der Waals surface area contributed by atoms with Crippen LogP contribution in [0.5, 0.6) is 0 Å². The average Bonchev–Trinajstić information content (AvgIpc) is 2.67. The average molecular weight is 244 g/mol. The molecule has 16 heavy (non-hydrogen) atoms. The van der Waals surface area contributed by atoms with Crippen LogP contribution in [-0.2, 0) is 10.0 Å². The van der Waals surface area contributed by atoms with Crippen LogP contribution < -0.4 is 5.32 Å². The van der Waals surface area contributed by atoms with Crippen molar-refractivity contribution in [1.82, 2.24) is 19.6 Å². The Kier molecular flexibility index (Phi) is 3.27. The quantitative estimate of drug-likeness (QED) is 0.751. The summed E-state index contributed by atoms with van der Waals surface area (Å²) in [4.78, 5) is 6.42. The zero-order chi connectivity index (χ0) is 11.6. The van der Waals surface area contributed by atoms with Crippen molar-refractivity contribution in [1.29, 1.82) is 0 Å². The lowest BCUT2D eigenvalue weighted by molar-refractivity contribution is 0.241. The number of sulfonamides is 1. The number of nitrogens with zero attached hydrogens (tertiary/aromatic N) is 2. The zero-order valence-electron chi connectivity index (χ0n) is 9.18. The molecule has 2 N–H and O–H groups in total. The number of nitrogens with one attached hydrogen (secondary N) is 2. The number of hydrogen-bond acceptors (Lipinski definition) is 4. The molecule has 1 aliphatic rings. The highest BCUT2D eigenvalue weighted by atomic mass is 32.2. The second-order valence-electron chi connectivity index (χ2n) is 3.84. The van der Waals surface area contributed by atoms with E-state index in [-0.39, 0.29) is 11.1 Å². The Labute approximate surface area is 95.1 Å². The van der Waals surface area contributed by atoms with Gasteiger partial charge in [-0.15, -0.1) is 0 Å². The smallest absolute Gasteiger partial charge is 0.260 e. The van der Waals surface area contributed by atoms with E-state index < -0.39 is 10.0 Å². The van der Waals surface area contributed by atoms with Gasteiger partial charge in [0.2, 0.25) is 0 Å². The minimum atomic E-state index is -3.40. The Morgan fingerprint density at radius 2 is 2.31 bits per heavy atom. The topological polar surface area (TPSA) is 78.1 Å². The molecule has 0 aliphatic carbocycles. The molecule has 0 unspecified atom stereocenters. The van der Waals surface area contributed by atoms with E-state index in [4.69, 9.17) is 0 Å². The summed E-state index contributed by atoms with van der Waals surface area (Å²) in [5, 5.41) is 3.26. The van der Waals surface area contributed by atoms with E-state index in [0.29, 0.717) is 6.54 Å². The summed E-state index contributed by atoms with van der Waals surface area (Å²) in [6.45, 7) is 3.98. The molecule has 1 aromatic heterocycles. The second-order valence-corrected chi connectivity index (χ2v) is 5.70. The van der Waals surface area contributed by atoms with Gasteiger partial charge in [0.1, 0.15) is 0 Å². The molecule has 0 bridgehead atoms. The standard InChI is InChI=1S/C9H16N4O2S/c1-2-3-13(8-4-10-5-8)16(14,15)9-6-11-7-12-9/h6-8,10H,2-5H2,1H3,(H,11,12). The molecule has 0 amide bonds. The van der Waals surface area contributed by atoms with E-state index in [2.05, 4.69) is 15.3 Å². The maximum atomic E-state index is 12.2. The van der Waals surface area contributed by atoms with Crippen LogP contribution in [0.3, 0.4) is 0 Å². The van der Waals surface area contributed by atoms with Crippen molar-refractivity contribution in [3.63, 3.8) is 0 Å². The van der Waals surface area contributed by atoms with Crippen LogP contribution in [0.25, 0.3) is 0 Å². The molecule has 0 saturated carbocycles. The van der Waals surface area contributed by atoms with Crippen molar-refractivity contribution in [2.45, 2.75) is 24.4 Å². The predicted molar refractivity (Wildman–Crippen MR) is 59.4 cm³/mol. The first-order valence-electron chi connectivity index (χ1n) is 5.37. The maximum absolute atomic E-state index is 12.2. The highest BCUT2D eigenvalue weighted by Crippen LogP contribution is 2.18. The minimum absolute atomic E-state index is 0.0771. The van der Waals surface area contributed by atoms with Crippen molar-refractivity contribution in [2.24, 2.45) is 0 Å². The monoisotopic (exact) mass is 244 g/mol. The van der Waals surface area contributed by atoms with E-state index in [1.165, 1.54) is 12.5 Å². The molecular weight excluding hydrogens is 228 g/mol. The minimum Gasteiger partial charge on any atom is -0.335 e. The highest BCUT2D eigenvalue weighted by Gasteiger charge is 2.34. The lowest BCUT2D eigenvalue weighted by Crippen LogP contribution is -2.58. The van der Waals surface area contributed by atoms with Crippen molar-refractivity contribution in [2.75, 3.05) is 19.6 Å². The number of aromatic amines is 1. The van der Waals surface area contributed by atoms with Gasteiger partial charge in [0.25, 0.3) is 10.0 Å². The van der Waals surface area contributed by atoms with E-state index in [0.717, 1.165) is 19.5 Å². The number of H-pyrrole nitrogens is 1. The maximum Gasteiger partial charge on any atom is 0.260 e. The van der Waals surface area contributed by atoms with E-state index in [1.54, 1.807) is 4.31 Å². The third-order valence-electron chi connectivity index (χ3n) is 2.67. The Hall–Kier alpha value is -0.920. The molecule has 7 heteroatoms. The Morgan fingerprint density at radius 3 is 2.75 bits per heavy atom. The lowest BCUT2D eigenvalue weighted by Gasteiger charge is -2.36. The van der Waals surface area contributed by atoms with Crippen LogP contribution in [0.2, 0.25) is 0 Å². The third-order valence-corrected chi connectivity index (χ3v) is 4.55. The predicted octanol–water partition coefficient (Wildman–Crippen LogP) is -0.218. The van der Waals surface area contributed by atoms with Gasteiger partial charge >= 0.3 is 0 Å². The second kappa shape index (κ2) is 4.52. The molecule has 0 spiro atoms. The van der Waals surface area contributed by atoms with Gasteiger partial charge in [0.05, 0.1) is 18.6 Å². The summed E-state index contributed by atoms with van der Waals surface area (Å²) in [5.74, 6) is 0. The van der Waals surface area contributed by atoms with E-state index >= 15 is 0 Å². The molecule has 0 atom stereocenters. The molecule has 2 heterocycles. The van der Waals surface area contributed by atoms with Gasteiger partial charge in [-0.05, 0) is 6.42 Å². The highest BCUT2D eigenvalue weighted by molar-refractivity contribution is 7.89. The number of hydrogen-bond donors (Lipinski definition) is 2. The van der Waals surface area contributed by atoms with Crippen LogP contribution in [0.1, 0.15) is 13.3 Å². The first-order chi connectivity index (χ1) is 7.66. The summed E-state index contributed by atoms with van der Waals surface area (Å²) >= 11 is 0. The molecule has 1 aromatic rings. The largest absolute Gasteiger partial charge is 0.335 e. The number of rotatable bonds is 5. The van der Waals surface area contributed by atoms with Gasteiger partial charge in [-0.3, -0.25) is 0 Å². The summed E-state index contributed by atoms with van der Waals surface area (Å²) in [6, 6.07) is 0.0771. The number of imidazole rings is 1. The van der Waals surface area contributed by atoms with Crippen molar-refractivity contribution in [3.8, 4) is 0 Å². The van der Waals surface area contributed by atoms with E-state index in [9.17, 15) is 8.42 Å². The van der Waals surface area contributed by atoms with Gasteiger partial charge in [-0.1, -0.05) is 6.92 Å². The normalized spacial score (nSPS) is 17.6. The van der Waals surface area contributed by atoms with Crippen molar-refractivity contribution < 1.29 is 8.42 Å². The van der Waals surface area contributed by atoms with E-state index in [1.807, 2.05) is 6.92 Å². The first-order valence-corrected chi connectivity index (χ1v) is 6.81. The molecule has 1 fully saturated rings. The first kappa shape index (κ1) is 11.6. The zero-order valence-corrected chi connectivity index (χ0v) is 10.00. The molecule has 1 saturated heterocycles. The fourth-order valence-corrected chi connectivity index (χ4v) is 3.32. The Morgan fingerprint density at radius 1 is 1.56 bits per heavy atom. The van der Waals surface area contributed by atoms with Crippen molar-refractivity contribution >= 4 is 10.0 Å². The molecule has 90 valence electrons. The SMILES string of the molecule is CCCN(C1CNC1)S(=O)(=O)c1cnc[nH]1. The fraction of sp³-hybridized carbons (Fsp3) is 0.667. The fourth-order valence-electron chi connectivity index (χ4n) is 1.71. The van der Waals surface area contributed by atoms with Crippen LogP contribution in [0, 0.1) is 0 Å². The molecule has 0 radical (unpaired) electrons. The molecule has 2 rings (SSSR count). The Bertz CT molecular complexity index is 424. The van der Waals surface area contributed by atoms with Crippen LogP contribution >= 0.6 is 0 Å². The molecule has 0 aromatic carbocycles. The summed E-state index contributed by atoms with van der Waals surface area (Å²) in [6.07, 6.45) is 3.55. The summed E-state index contributed by atoms with van der Waals surface area (Å²) < 4.78 is 26.0. The number of aromatic nitrogens is 2. The van der Waals surface area contributed by atoms with Crippen LogP contribution in [0.4, 0.5) is 0 Å². The third kappa shape index (κ3) is 1.98. The molecule has 6 nitrogen and oxygen atoms in total. The molecule has 1 aliphatic heterocycles. The summed E-state index contributed by atoms with van der Waals surface area (Å²) in [7, 11) is -3.40. The van der Waals surface area contributed by atoms with Gasteiger partial charge in [-0.25, -0.2) is 13.4 Å². The van der Waals surface area contributed by atoms with Crippen molar-refractivity contribution in [3.05, 3.63) is 12.5 Å². The summed E-state index contributed by atoms with van der Waals surface area (Å²) in [5.41, 5.74) is 0. The van der Waals surface area contributed by atoms with Gasteiger partial charge in [0, 0.05) is 19.6 Å². The molecular formula is C9H16N4O2S. The van der Waals surface area contributed by atoms with Gasteiger partial charge in [-0.2, -0.15) is 4.31 Å². The Balaban J connectivity index is 2.24. The van der Waals surface area contributed by atoms with Gasteiger partial charge in [0.15, 0.2) is 5.03 Å². The lowest BCUT2D eigenvalue weighted by atomic mass is 10.2.